The maximum Gasteiger partial charge on any atom is 0.0923 e. The second kappa shape index (κ2) is 5.27. The zero-order valence-electron chi connectivity index (χ0n) is 7.99. The first-order chi connectivity index (χ1) is 5.79. The van der Waals surface area contributed by atoms with E-state index in [0.717, 1.165) is 26.1 Å². The lowest BCUT2D eigenvalue weighted by Crippen LogP contribution is -2.23. The van der Waals surface area contributed by atoms with Crippen LogP contribution in [-0.2, 0) is 4.74 Å². The molecule has 0 bridgehead atoms. The van der Waals surface area contributed by atoms with Gasteiger partial charge in [-0.25, -0.2) is 0 Å². The molecule has 3 nitrogen and oxygen atoms in total. The highest BCUT2D eigenvalue weighted by molar-refractivity contribution is 5.63. The van der Waals surface area contributed by atoms with Crippen LogP contribution in [0.15, 0.2) is 4.99 Å². The van der Waals surface area contributed by atoms with Gasteiger partial charge in [-0.3, -0.25) is 4.99 Å². The summed E-state index contributed by atoms with van der Waals surface area (Å²) in [6, 6.07) is 0. The fraction of sp³-hybridized carbons (Fsp3) is 0.889. The largest absolute Gasteiger partial charge is 0.371 e. The predicted octanol–water partition coefficient (Wildman–Crippen LogP) is 0.798. The quantitative estimate of drug-likeness (QED) is 0.623. The molecule has 0 N–H and O–H groups in total. The van der Waals surface area contributed by atoms with Gasteiger partial charge in [0.05, 0.1) is 19.3 Å². The first-order valence-electron chi connectivity index (χ1n) is 4.55. The van der Waals surface area contributed by atoms with Crippen LogP contribution in [-0.4, -0.2) is 51.0 Å². The monoisotopic (exact) mass is 170 g/mol. The molecule has 0 radical (unpaired) electrons. The Balaban J connectivity index is 2.06. The Morgan fingerprint density at radius 3 is 3.00 bits per heavy atom. The fourth-order valence-corrected chi connectivity index (χ4v) is 1.26. The summed E-state index contributed by atoms with van der Waals surface area (Å²) in [4.78, 5) is 6.39. The Bertz CT molecular complexity index is 145. The SMILES string of the molecule is CN(C)CCCC1C=NCCO1. The maximum absolute atomic E-state index is 5.49. The highest BCUT2D eigenvalue weighted by atomic mass is 16.5. The van der Waals surface area contributed by atoms with Crippen molar-refractivity contribution in [3.05, 3.63) is 0 Å². The van der Waals surface area contributed by atoms with Gasteiger partial charge in [-0.2, -0.15) is 0 Å². The minimum Gasteiger partial charge on any atom is -0.371 e. The van der Waals surface area contributed by atoms with Crippen LogP contribution in [0.3, 0.4) is 0 Å². The van der Waals surface area contributed by atoms with Crippen LogP contribution in [0.5, 0.6) is 0 Å². The molecular formula is C9H18N2O. The van der Waals surface area contributed by atoms with Crippen molar-refractivity contribution >= 4 is 6.21 Å². The second-order valence-electron chi connectivity index (χ2n) is 3.41. The molecule has 1 atom stereocenters. The van der Waals surface area contributed by atoms with Gasteiger partial charge >= 0.3 is 0 Å². The zero-order chi connectivity index (χ0) is 8.81. The maximum atomic E-state index is 5.49. The Kier molecular flexibility index (Phi) is 4.25. The summed E-state index contributed by atoms with van der Waals surface area (Å²) in [6.45, 7) is 2.76. The number of rotatable bonds is 4. The summed E-state index contributed by atoms with van der Waals surface area (Å²) in [5, 5.41) is 0. The first kappa shape index (κ1) is 9.68. The van der Waals surface area contributed by atoms with E-state index in [1.54, 1.807) is 0 Å². The van der Waals surface area contributed by atoms with Crippen LogP contribution in [0.4, 0.5) is 0 Å². The molecule has 12 heavy (non-hydrogen) atoms. The molecule has 1 aliphatic heterocycles. The van der Waals surface area contributed by atoms with Gasteiger partial charge in [0.25, 0.3) is 0 Å². The molecule has 1 aliphatic rings. The number of hydrogen-bond donors (Lipinski definition) is 0. The van der Waals surface area contributed by atoms with Crippen molar-refractivity contribution in [1.29, 1.82) is 0 Å². The molecule has 0 saturated heterocycles. The van der Waals surface area contributed by atoms with E-state index in [0.29, 0.717) is 0 Å². The minimum atomic E-state index is 0.277. The van der Waals surface area contributed by atoms with Gasteiger partial charge in [0.1, 0.15) is 0 Å². The van der Waals surface area contributed by atoms with E-state index in [1.807, 2.05) is 6.21 Å². The van der Waals surface area contributed by atoms with E-state index < -0.39 is 0 Å². The molecule has 0 spiro atoms. The van der Waals surface area contributed by atoms with Crippen LogP contribution >= 0.6 is 0 Å². The van der Waals surface area contributed by atoms with Crippen LogP contribution in [0.1, 0.15) is 12.8 Å². The molecule has 1 heterocycles. The highest BCUT2D eigenvalue weighted by Gasteiger charge is 2.08. The molecule has 3 heteroatoms. The Hall–Kier alpha value is -0.410. The topological polar surface area (TPSA) is 24.8 Å². The molecule has 0 amide bonds. The number of ether oxygens (including phenoxy) is 1. The summed E-state index contributed by atoms with van der Waals surface area (Å²) >= 11 is 0. The van der Waals surface area contributed by atoms with Gasteiger partial charge in [-0.05, 0) is 33.5 Å². The molecule has 1 unspecified atom stereocenters. The number of aliphatic imine (C=N–C) groups is 1. The molecule has 1 rings (SSSR count). The first-order valence-corrected chi connectivity index (χ1v) is 4.55. The summed E-state index contributed by atoms with van der Waals surface area (Å²) in [6.07, 6.45) is 4.50. The van der Waals surface area contributed by atoms with Gasteiger partial charge in [-0.15, -0.1) is 0 Å². The number of hydrogen-bond acceptors (Lipinski definition) is 3. The molecule has 0 saturated carbocycles. The van der Waals surface area contributed by atoms with Gasteiger partial charge < -0.3 is 9.64 Å². The standard InChI is InChI=1S/C9H18N2O/c1-11(2)6-3-4-9-8-10-5-7-12-9/h8-9H,3-7H2,1-2H3. The lowest BCUT2D eigenvalue weighted by atomic mass is 10.2. The van der Waals surface area contributed by atoms with Crippen molar-refractivity contribution in [3.63, 3.8) is 0 Å². The second-order valence-corrected chi connectivity index (χ2v) is 3.41. The van der Waals surface area contributed by atoms with Crippen LogP contribution in [0.25, 0.3) is 0 Å². The van der Waals surface area contributed by atoms with Gasteiger partial charge in [-0.1, -0.05) is 0 Å². The fourth-order valence-electron chi connectivity index (χ4n) is 1.26. The van der Waals surface area contributed by atoms with Crippen LogP contribution in [0.2, 0.25) is 0 Å². The van der Waals surface area contributed by atoms with Crippen molar-refractivity contribution in [2.45, 2.75) is 18.9 Å². The average Bonchev–Trinajstić information content (AvgIpc) is 2.05. The number of nitrogens with zero attached hydrogens (tertiary/aromatic N) is 2. The van der Waals surface area contributed by atoms with E-state index >= 15 is 0 Å². The van der Waals surface area contributed by atoms with Crippen molar-refractivity contribution in [3.8, 4) is 0 Å². The van der Waals surface area contributed by atoms with Crippen LogP contribution in [0, 0.1) is 0 Å². The normalized spacial score (nSPS) is 23.4. The van der Waals surface area contributed by atoms with E-state index in [9.17, 15) is 0 Å². The van der Waals surface area contributed by atoms with Gasteiger partial charge in [0.15, 0.2) is 0 Å². The van der Waals surface area contributed by atoms with Gasteiger partial charge in [0.2, 0.25) is 0 Å². The lowest BCUT2D eigenvalue weighted by Gasteiger charge is -2.17. The Morgan fingerprint density at radius 1 is 1.58 bits per heavy atom. The molecule has 0 aromatic carbocycles. The molecule has 0 aliphatic carbocycles. The van der Waals surface area contributed by atoms with E-state index in [2.05, 4.69) is 24.0 Å². The van der Waals surface area contributed by atoms with Crippen molar-refractivity contribution in [1.82, 2.24) is 4.90 Å². The Labute approximate surface area is 74.4 Å². The third-order valence-corrected chi connectivity index (χ3v) is 1.92. The van der Waals surface area contributed by atoms with Crippen LogP contribution < -0.4 is 0 Å². The van der Waals surface area contributed by atoms with E-state index in [4.69, 9.17) is 4.74 Å². The summed E-state index contributed by atoms with van der Waals surface area (Å²) < 4.78 is 5.49. The zero-order valence-corrected chi connectivity index (χ0v) is 7.99. The smallest absolute Gasteiger partial charge is 0.0923 e. The van der Waals surface area contributed by atoms with Gasteiger partial charge in [0, 0.05) is 6.21 Å². The highest BCUT2D eigenvalue weighted by Crippen LogP contribution is 2.03. The summed E-state index contributed by atoms with van der Waals surface area (Å²) in [5.41, 5.74) is 0. The lowest BCUT2D eigenvalue weighted by molar-refractivity contribution is 0.0905. The molecule has 70 valence electrons. The molecule has 0 fully saturated rings. The molecular weight excluding hydrogens is 152 g/mol. The average molecular weight is 170 g/mol. The minimum absolute atomic E-state index is 0.277. The summed E-state index contributed by atoms with van der Waals surface area (Å²) in [5.74, 6) is 0. The third kappa shape index (κ3) is 3.83. The molecule has 0 aromatic heterocycles. The molecule has 0 aromatic rings. The third-order valence-electron chi connectivity index (χ3n) is 1.92. The van der Waals surface area contributed by atoms with Crippen molar-refractivity contribution in [2.24, 2.45) is 4.99 Å². The van der Waals surface area contributed by atoms with E-state index in [-0.39, 0.29) is 6.10 Å². The van der Waals surface area contributed by atoms with Crippen molar-refractivity contribution < 1.29 is 4.74 Å². The summed E-state index contributed by atoms with van der Waals surface area (Å²) in [7, 11) is 4.19. The van der Waals surface area contributed by atoms with Crippen molar-refractivity contribution in [2.75, 3.05) is 33.8 Å². The van der Waals surface area contributed by atoms with E-state index in [1.165, 1.54) is 6.42 Å². The Morgan fingerprint density at radius 2 is 2.42 bits per heavy atom. The predicted molar refractivity (Wildman–Crippen MR) is 50.9 cm³/mol.